The zero-order valence-corrected chi connectivity index (χ0v) is 17.5. The first kappa shape index (κ1) is 20.8. The summed E-state index contributed by atoms with van der Waals surface area (Å²) >= 11 is 4.50. The van der Waals surface area contributed by atoms with Crippen LogP contribution < -0.4 is 4.90 Å². The van der Waals surface area contributed by atoms with Crippen LogP contribution in [0.1, 0.15) is 17.0 Å². The van der Waals surface area contributed by atoms with Crippen LogP contribution in [0.2, 0.25) is 0 Å². The summed E-state index contributed by atoms with van der Waals surface area (Å²) in [4.78, 5) is 20.8. The highest BCUT2D eigenvalue weighted by atomic mass is 79.9. The molecule has 0 fully saturated rings. The van der Waals surface area contributed by atoms with Gasteiger partial charge >= 0.3 is 0 Å². The van der Waals surface area contributed by atoms with E-state index in [0.29, 0.717) is 21.0 Å². The number of furan rings is 1. The predicted octanol–water partition coefficient (Wildman–Crippen LogP) is 4.81. The summed E-state index contributed by atoms with van der Waals surface area (Å²) in [6.07, 6.45) is 0.763. The van der Waals surface area contributed by atoms with Crippen molar-refractivity contribution >= 4 is 60.9 Å². The molecule has 0 aliphatic heterocycles. The van der Waals surface area contributed by atoms with Gasteiger partial charge in [0, 0.05) is 6.54 Å². The van der Waals surface area contributed by atoms with E-state index in [1.165, 1.54) is 17.4 Å². The molecule has 0 bridgehead atoms. The van der Waals surface area contributed by atoms with Gasteiger partial charge in [-0.1, -0.05) is 17.4 Å². The number of fused-ring (bicyclic) bond motifs is 1. The van der Waals surface area contributed by atoms with Crippen molar-refractivity contribution in [3.05, 3.63) is 46.6 Å². The number of rotatable bonds is 6. The molecule has 0 radical (unpaired) electrons. The second-order valence-electron chi connectivity index (χ2n) is 5.80. The van der Waals surface area contributed by atoms with Gasteiger partial charge in [0.15, 0.2) is 15.6 Å². The number of thiazole rings is 1. The van der Waals surface area contributed by atoms with Crippen molar-refractivity contribution in [3.63, 3.8) is 0 Å². The lowest BCUT2D eigenvalue weighted by Gasteiger charge is -2.19. The highest BCUT2D eigenvalue weighted by Gasteiger charge is 2.24. The van der Waals surface area contributed by atoms with Crippen molar-refractivity contribution in [2.24, 2.45) is 0 Å². The Morgan fingerprint density at radius 2 is 2.04 bits per heavy atom. The Hall–Kier alpha value is -1.48. The fourth-order valence-corrected chi connectivity index (χ4v) is 3.72. The minimum Gasteiger partial charge on any atom is -0.444 e. The van der Waals surface area contributed by atoms with Crippen molar-refractivity contribution in [1.29, 1.82) is 0 Å². The number of benzene rings is 1. The number of anilines is 1. The maximum Gasteiger partial charge on any atom is 0.295 e. The van der Waals surface area contributed by atoms with Crippen LogP contribution >= 0.6 is 39.7 Å². The summed E-state index contributed by atoms with van der Waals surface area (Å²) in [6, 6.07) is 8.09. The molecule has 140 valence electrons. The molecule has 0 aliphatic rings. The first-order chi connectivity index (χ1) is 12.0. The SMILES string of the molecule is CN(C)CCCN(C(=O)c1ccc(Br)o1)c1nc2c(F)cccc2s1.Cl. The summed E-state index contributed by atoms with van der Waals surface area (Å²) in [5.41, 5.74) is 0.286. The molecule has 3 aromatic rings. The Morgan fingerprint density at radius 1 is 1.27 bits per heavy atom. The van der Waals surface area contributed by atoms with Crippen LogP contribution in [0.3, 0.4) is 0 Å². The maximum absolute atomic E-state index is 14.0. The van der Waals surface area contributed by atoms with E-state index >= 15 is 0 Å². The van der Waals surface area contributed by atoms with E-state index in [-0.39, 0.29) is 35.4 Å². The molecule has 0 N–H and O–H groups in total. The van der Waals surface area contributed by atoms with Crippen LogP contribution in [0.15, 0.2) is 39.4 Å². The lowest BCUT2D eigenvalue weighted by Crippen LogP contribution is -2.33. The third-order valence-corrected chi connectivity index (χ3v) is 5.08. The molecule has 2 aromatic heterocycles. The highest BCUT2D eigenvalue weighted by molar-refractivity contribution is 9.10. The second-order valence-corrected chi connectivity index (χ2v) is 7.59. The Morgan fingerprint density at radius 3 is 2.65 bits per heavy atom. The molecule has 0 spiro atoms. The van der Waals surface area contributed by atoms with Gasteiger partial charge in [0.2, 0.25) is 0 Å². The van der Waals surface area contributed by atoms with Gasteiger partial charge in [-0.25, -0.2) is 9.37 Å². The molecule has 26 heavy (non-hydrogen) atoms. The molecule has 9 heteroatoms. The van der Waals surface area contributed by atoms with Crippen LogP contribution in [0.4, 0.5) is 9.52 Å². The second kappa shape index (κ2) is 8.94. The van der Waals surface area contributed by atoms with E-state index in [2.05, 4.69) is 20.9 Å². The molecule has 1 aromatic carbocycles. The van der Waals surface area contributed by atoms with Gasteiger partial charge in [-0.2, -0.15) is 0 Å². The average molecular weight is 463 g/mol. The molecular weight excluding hydrogens is 445 g/mol. The molecule has 0 atom stereocenters. The Labute approximate surface area is 169 Å². The van der Waals surface area contributed by atoms with E-state index in [0.717, 1.165) is 13.0 Å². The van der Waals surface area contributed by atoms with E-state index < -0.39 is 0 Å². The fourth-order valence-electron chi connectivity index (χ4n) is 2.41. The standard InChI is InChI=1S/C17H17BrFN3O2S.ClH/c1-21(2)9-4-10-22(16(23)12-7-8-14(18)24-12)17-20-15-11(19)5-3-6-13(15)25-17;/h3,5-8H,4,9-10H2,1-2H3;1H. The third kappa shape index (κ3) is 4.62. The van der Waals surface area contributed by atoms with Crippen molar-refractivity contribution in [1.82, 2.24) is 9.88 Å². The zero-order valence-electron chi connectivity index (χ0n) is 14.2. The molecule has 5 nitrogen and oxygen atoms in total. The summed E-state index contributed by atoms with van der Waals surface area (Å²) < 4.78 is 20.5. The van der Waals surface area contributed by atoms with E-state index in [1.807, 2.05) is 19.0 Å². The summed E-state index contributed by atoms with van der Waals surface area (Å²) in [5.74, 6) is -0.457. The minimum absolute atomic E-state index is 0. The van der Waals surface area contributed by atoms with Crippen LogP contribution in [-0.4, -0.2) is 43.0 Å². The van der Waals surface area contributed by atoms with Gasteiger partial charge in [0.1, 0.15) is 11.3 Å². The minimum atomic E-state index is -0.388. The maximum atomic E-state index is 14.0. The highest BCUT2D eigenvalue weighted by Crippen LogP contribution is 2.31. The lowest BCUT2D eigenvalue weighted by molar-refractivity contribution is 0.0958. The van der Waals surface area contributed by atoms with Crippen molar-refractivity contribution in [2.75, 3.05) is 32.1 Å². The number of carbonyl (C=O) groups is 1. The summed E-state index contributed by atoms with van der Waals surface area (Å²) in [6.45, 7) is 1.29. The first-order valence-electron chi connectivity index (χ1n) is 7.72. The molecular formula is C17H18BrClFN3O2S. The number of halogens is 3. The van der Waals surface area contributed by atoms with Crippen molar-refractivity contribution < 1.29 is 13.6 Å². The normalized spacial score (nSPS) is 11.0. The molecule has 0 saturated heterocycles. The van der Waals surface area contributed by atoms with Crippen molar-refractivity contribution in [3.8, 4) is 0 Å². The molecule has 0 aliphatic carbocycles. The van der Waals surface area contributed by atoms with Crippen LogP contribution in [0.5, 0.6) is 0 Å². The fraction of sp³-hybridized carbons (Fsp3) is 0.294. The van der Waals surface area contributed by atoms with Gasteiger partial charge in [-0.3, -0.25) is 9.69 Å². The van der Waals surface area contributed by atoms with Crippen LogP contribution in [0.25, 0.3) is 10.2 Å². The Bertz CT molecular complexity index is 899. The smallest absolute Gasteiger partial charge is 0.295 e. The van der Waals surface area contributed by atoms with Gasteiger partial charge in [0.25, 0.3) is 5.91 Å². The average Bonchev–Trinajstić information content (AvgIpc) is 3.18. The van der Waals surface area contributed by atoms with Gasteiger partial charge in [-0.15, -0.1) is 12.4 Å². The lowest BCUT2D eigenvalue weighted by atomic mass is 10.3. The van der Waals surface area contributed by atoms with Crippen molar-refractivity contribution in [2.45, 2.75) is 6.42 Å². The first-order valence-corrected chi connectivity index (χ1v) is 9.33. The number of hydrogen-bond acceptors (Lipinski definition) is 5. The van der Waals surface area contributed by atoms with Crippen LogP contribution in [-0.2, 0) is 0 Å². The molecule has 0 unspecified atom stereocenters. The monoisotopic (exact) mass is 461 g/mol. The quantitative estimate of drug-likeness (QED) is 0.527. The van der Waals surface area contributed by atoms with Gasteiger partial charge in [-0.05, 0) is 67.3 Å². The number of amides is 1. The number of nitrogens with zero attached hydrogens (tertiary/aromatic N) is 3. The third-order valence-electron chi connectivity index (χ3n) is 3.61. The zero-order chi connectivity index (χ0) is 18.0. The number of aromatic nitrogens is 1. The number of carbonyl (C=O) groups excluding carboxylic acids is 1. The van der Waals surface area contributed by atoms with E-state index in [4.69, 9.17) is 4.42 Å². The molecule has 2 heterocycles. The Balaban J connectivity index is 0.00000243. The Kier molecular flexibility index (Phi) is 7.16. The topological polar surface area (TPSA) is 49.6 Å². The van der Waals surface area contributed by atoms with Gasteiger partial charge in [0.05, 0.1) is 4.70 Å². The van der Waals surface area contributed by atoms with Crippen LogP contribution in [0, 0.1) is 5.82 Å². The van der Waals surface area contributed by atoms with E-state index in [1.54, 1.807) is 29.2 Å². The van der Waals surface area contributed by atoms with E-state index in [9.17, 15) is 9.18 Å². The van der Waals surface area contributed by atoms with Gasteiger partial charge < -0.3 is 9.32 Å². The predicted molar refractivity (Wildman–Crippen MR) is 108 cm³/mol. The summed E-state index contributed by atoms with van der Waals surface area (Å²) in [5, 5.41) is 0.469. The largest absolute Gasteiger partial charge is 0.444 e. The molecule has 1 amide bonds. The number of para-hydroxylation sites is 1. The molecule has 3 rings (SSSR count). The number of hydrogen-bond donors (Lipinski definition) is 0. The summed E-state index contributed by atoms with van der Waals surface area (Å²) in [7, 11) is 3.95. The molecule has 0 saturated carbocycles.